The summed E-state index contributed by atoms with van der Waals surface area (Å²) in [4.78, 5) is 22.8. The van der Waals surface area contributed by atoms with Crippen molar-refractivity contribution in [2.24, 2.45) is 11.1 Å². The lowest BCUT2D eigenvalue weighted by atomic mass is 9.89. The number of nitrogens with zero attached hydrogens (tertiary/aromatic N) is 4. The Morgan fingerprint density at radius 2 is 1.87 bits per heavy atom. The zero-order chi connectivity index (χ0) is 26.1. The third kappa shape index (κ3) is 5.06. The van der Waals surface area contributed by atoms with E-state index in [0.29, 0.717) is 6.61 Å². The number of aromatic nitrogens is 1. The van der Waals surface area contributed by atoms with Crippen molar-refractivity contribution in [3.63, 3.8) is 0 Å². The van der Waals surface area contributed by atoms with Gasteiger partial charge in [0.1, 0.15) is 24.6 Å². The van der Waals surface area contributed by atoms with Crippen LogP contribution in [0.5, 0.6) is 5.75 Å². The number of ether oxygens (including phenoxy) is 2. The normalized spacial score (nSPS) is 21.8. The zero-order valence-electron chi connectivity index (χ0n) is 22.0. The monoisotopic (exact) mass is 514 g/mol. The molecule has 1 saturated heterocycles. The quantitative estimate of drug-likeness (QED) is 0.449. The van der Waals surface area contributed by atoms with E-state index in [1.165, 1.54) is 18.2 Å². The Balaban J connectivity index is 1.06. The maximum absolute atomic E-state index is 11.8. The molecule has 6 rings (SSSR count). The Morgan fingerprint density at radius 1 is 1.08 bits per heavy atom. The highest BCUT2D eigenvalue weighted by atomic mass is 16.6. The van der Waals surface area contributed by atoms with E-state index < -0.39 is 0 Å². The predicted molar refractivity (Wildman–Crippen MR) is 147 cm³/mol. The number of hydrogen-bond acceptors (Lipinski definition) is 7. The summed E-state index contributed by atoms with van der Waals surface area (Å²) in [6, 6.07) is 16.6. The number of oxime groups is 1. The molecule has 2 unspecified atom stereocenters. The Kier molecular flexibility index (Phi) is 6.91. The van der Waals surface area contributed by atoms with Gasteiger partial charge in [0.15, 0.2) is 6.10 Å². The lowest BCUT2D eigenvalue weighted by Gasteiger charge is -2.36. The molecule has 0 spiro atoms. The van der Waals surface area contributed by atoms with Gasteiger partial charge in [0, 0.05) is 62.5 Å². The molecule has 0 aliphatic carbocycles. The van der Waals surface area contributed by atoms with E-state index in [0.717, 1.165) is 67.2 Å². The average molecular weight is 515 g/mol. The maximum atomic E-state index is 11.8. The molecule has 2 atom stereocenters. The molecule has 2 aromatic carbocycles. The molecule has 198 valence electrons. The molecule has 3 aromatic rings. The Bertz CT molecular complexity index is 1370. The minimum atomic E-state index is -0.280. The number of fused-ring (bicyclic) bond motifs is 4. The van der Waals surface area contributed by atoms with Crippen LogP contribution in [0.25, 0.3) is 17.0 Å². The summed E-state index contributed by atoms with van der Waals surface area (Å²) in [7, 11) is 1.40. The van der Waals surface area contributed by atoms with Crippen LogP contribution >= 0.6 is 0 Å². The summed E-state index contributed by atoms with van der Waals surface area (Å²) in [5, 5.41) is 5.56. The fourth-order valence-electron chi connectivity index (χ4n) is 5.71. The second-order valence-electron chi connectivity index (χ2n) is 10.4. The molecule has 0 amide bonds. The van der Waals surface area contributed by atoms with Gasteiger partial charge in [-0.05, 0) is 24.6 Å². The van der Waals surface area contributed by atoms with Gasteiger partial charge in [-0.1, -0.05) is 47.1 Å². The first-order valence-corrected chi connectivity index (χ1v) is 13.3. The zero-order valence-corrected chi connectivity index (χ0v) is 22.0. The summed E-state index contributed by atoms with van der Waals surface area (Å²) in [5.74, 6) is 0.623. The molecule has 0 bridgehead atoms. The smallest absolute Gasteiger partial charge is 0.325 e. The molecule has 3 aliphatic rings. The molecular formula is C30H34N4O4. The molecule has 8 heteroatoms. The van der Waals surface area contributed by atoms with Crippen LogP contribution in [-0.4, -0.2) is 85.1 Å². The number of hydrogen-bond donors (Lipinski definition) is 0. The van der Waals surface area contributed by atoms with Gasteiger partial charge in [0.2, 0.25) is 0 Å². The molecule has 0 N–H and O–H groups in total. The first-order chi connectivity index (χ1) is 18.6. The summed E-state index contributed by atoms with van der Waals surface area (Å²) in [6.45, 7) is 8.91. The largest absolute Gasteiger partial charge is 0.492 e. The van der Waals surface area contributed by atoms with Crippen molar-refractivity contribution in [3.05, 3.63) is 71.4 Å². The van der Waals surface area contributed by atoms with Crippen LogP contribution in [0.4, 0.5) is 0 Å². The van der Waals surface area contributed by atoms with Gasteiger partial charge in [-0.25, -0.2) is 0 Å². The van der Waals surface area contributed by atoms with Crippen molar-refractivity contribution in [1.82, 2.24) is 14.4 Å². The highest BCUT2D eigenvalue weighted by Gasteiger charge is 2.41. The summed E-state index contributed by atoms with van der Waals surface area (Å²) >= 11 is 0. The lowest BCUT2D eigenvalue weighted by Crippen LogP contribution is -2.50. The van der Waals surface area contributed by atoms with Gasteiger partial charge in [0.05, 0.1) is 18.5 Å². The van der Waals surface area contributed by atoms with Crippen LogP contribution in [0, 0.1) is 5.92 Å². The third-order valence-electron chi connectivity index (χ3n) is 7.77. The van der Waals surface area contributed by atoms with Crippen molar-refractivity contribution >= 4 is 28.7 Å². The minimum absolute atomic E-state index is 0.0102. The maximum Gasteiger partial charge on any atom is 0.325 e. The molecule has 3 aliphatic heterocycles. The van der Waals surface area contributed by atoms with Crippen LogP contribution in [0.15, 0.2) is 65.5 Å². The fraction of sp³-hybridized carbons (Fsp3) is 0.400. The number of esters is 1. The van der Waals surface area contributed by atoms with Crippen molar-refractivity contribution in [1.29, 1.82) is 0 Å². The molecule has 1 aromatic heterocycles. The van der Waals surface area contributed by atoms with E-state index >= 15 is 0 Å². The van der Waals surface area contributed by atoms with Crippen molar-refractivity contribution < 1.29 is 19.1 Å². The Morgan fingerprint density at radius 3 is 2.66 bits per heavy atom. The molecule has 1 fully saturated rings. The molecule has 0 saturated carbocycles. The number of piperazine rings is 1. The van der Waals surface area contributed by atoms with E-state index in [4.69, 9.17) is 14.3 Å². The Labute approximate surface area is 223 Å². The van der Waals surface area contributed by atoms with Crippen molar-refractivity contribution in [3.8, 4) is 5.75 Å². The van der Waals surface area contributed by atoms with E-state index in [9.17, 15) is 4.79 Å². The van der Waals surface area contributed by atoms with Gasteiger partial charge >= 0.3 is 5.97 Å². The highest BCUT2D eigenvalue weighted by Crippen LogP contribution is 2.37. The van der Waals surface area contributed by atoms with Gasteiger partial charge < -0.3 is 18.9 Å². The van der Waals surface area contributed by atoms with Gasteiger partial charge in [-0.3, -0.25) is 14.6 Å². The molecule has 4 heterocycles. The highest BCUT2D eigenvalue weighted by molar-refractivity contribution is 6.08. The van der Waals surface area contributed by atoms with Crippen LogP contribution in [0.2, 0.25) is 0 Å². The predicted octanol–water partition coefficient (Wildman–Crippen LogP) is 3.65. The lowest BCUT2D eigenvalue weighted by molar-refractivity contribution is -0.141. The van der Waals surface area contributed by atoms with Crippen molar-refractivity contribution in [2.45, 2.75) is 19.6 Å². The minimum Gasteiger partial charge on any atom is -0.492 e. The van der Waals surface area contributed by atoms with Crippen LogP contribution in [0.1, 0.15) is 18.1 Å². The fourth-order valence-corrected chi connectivity index (χ4v) is 5.71. The molecule has 0 radical (unpaired) electrons. The molecule has 8 nitrogen and oxygen atoms in total. The van der Waals surface area contributed by atoms with E-state index in [1.54, 1.807) is 0 Å². The summed E-state index contributed by atoms with van der Waals surface area (Å²) < 4.78 is 12.9. The number of rotatable bonds is 7. The standard InChI is InChI=1S/C30H34N4O4/c1-21(14-22-6-4-3-5-7-22)17-32-10-12-33(13-11-32)18-28-25-20-37-27-16-26-23(15-24(27)30(25)31-38-28)8-9-34(26)19-29(35)36-2/h3-9,14-16,25,28H,10-13,17-20H2,1-2H3. The van der Waals surface area contributed by atoms with E-state index in [-0.39, 0.29) is 24.5 Å². The second-order valence-corrected chi connectivity index (χ2v) is 10.4. The third-order valence-corrected chi connectivity index (χ3v) is 7.77. The number of benzene rings is 2. The first-order valence-electron chi connectivity index (χ1n) is 13.3. The van der Waals surface area contributed by atoms with E-state index in [2.05, 4.69) is 64.4 Å². The van der Waals surface area contributed by atoms with E-state index in [1.807, 2.05) is 22.9 Å². The van der Waals surface area contributed by atoms with Gasteiger partial charge in [0.25, 0.3) is 0 Å². The molecular weight excluding hydrogens is 480 g/mol. The average Bonchev–Trinajstić information content (AvgIpc) is 3.52. The van der Waals surface area contributed by atoms with Crippen molar-refractivity contribution in [2.75, 3.05) is 53.0 Å². The summed E-state index contributed by atoms with van der Waals surface area (Å²) in [6.07, 6.45) is 4.17. The SMILES string of the molecule is COC(=O)Cn1ccc2cc3c(cc21)OCC1C3=NOC1CN1CCN(CC(C)=Cc2ccccc2)CC1. The van der Waals surface area contributed by atoms with Crippen LogP contribution in [0.3, 0.4) is 0 Å². The van der Waals surface area contributed by atoms with Gasteiger partial charge in [-0.2, -0.15) is 0 Å². The number of methoxy groups -OCH3 is 1. The number of carbonyl (C=O) groups excluding carboxylic acids is 1. The number of carbonyl (C=O) groups is 1. The topological polar surface area (TPSA) is 68.5 Å². The van der Waals surface area contributed by atoms with Crippen LogP contribution in [-0.2, 0) is 20.9 Å². The Hall–Kier alpha value is -3.62. The first kappa shape index (κ1) is 24.7. The van der Waals surface area contributed by atoms with Gasteiger partial charge in [-0.15, -0.1) is 0 Å². The molecule has 38 heavy (non-hydrogen) atoms. The summed E-state index contributed by atoms with van der Waals surface area (Å²) in [5.41, 5.74) is 5.54. The van der Waals surface area contributed by atoms with Crippen LogP contribution < -0.4 is 4.74 Å². The second kappa shape index (κ2) is 10.6.